The number of pyridine rings is 1. The van der Waals surface area contributed by atoms with E-state index in [0.717, 1.165) is 0 Å². The summed E-state index contributed by atoms with van der Waals surface area (Å²) in [4.78, 5) is 74.0. The van der Waals surface area contributed by atoms with Gasteiger partial charge in [0.05, 0.1) is 5.41 Å². The minimum absolute atomic E-state index is 0.0591. The van der Waals surface area contributed by atoms with Crippen molar-refractivity contribution in [2.75, 3.05) is 7.05 Å². The lowest BCUT2D eigenvalue weighted by molar-refractivity contribution is -0.229. The first-order valence-corrected chi connectivity index (χ1v) is 16.2. The Labute approximate surface area is 267 Å². The van der Waals surface area contributed by atoms with Crippen LogP contribution in [0.3, 0.4) is 0 Å². The lowest BCUT2D eigenvalue weighted by Gasteiger charge is -2.73. The second kappa shape index (κ2) is 13.2. The molecule has 0 saturated heterocycles. The van der Waals surface area contributed by atoms with Crippen molar-refractivity contribution in [1.82, 2.24) is 25.5 Å². The smallest absolute Gasteiger partial charge is 0.310 e. The van der Waals surface area contributed by atoms with Crippen LogP contribution in [0.4, 0.5) is 0 Å². The van der Waals surface area contributed by atoms with Crippen LogP contribution in [0.25, 0.3) is 0 Å². The Kier molecular flexibility index (Phi) is 10.0. The van der Waals surface area contributed by atoms with E-state index in [0.29, 0.717) is 24.3 Å². The summed E-state index contributed by atoms with van der Waals surface area (Å²) in [5.74, 6) is -2.89. The molecule has 3 aliphatic rings. The second-order valence-electron chi connectivity index (χ2n) is 12.9. The molecule has 12 nitrogen and oxygen atoms in total. The number of carboxylic acids is 1. The molecule has 0 spiro atoms. The zero-order valence-electron chi connectivity index (χ0n) is 26.8. The van der Waals surface area contributed by atoms with Gasteiger partial charge in [0.15, 0.2) is 6.10 Å². The number of aromatic nitrogens is 2. The Bertz CT molecular complexity index is 1440. The van der Waals surface area contributed by atoms with E-state index in [4.69, 9.17) is 4.74 Å². The summed E-state index contributed by atoms with van der Waals surface area (Å²) in [5, 5.41) is 17.4. The summed E-state index contributed by atoms with van der Waals surface area (Å²) in [6.45, 7) is 10.9. The van der Waals surface area contributed by atoms with Gasteiger partial charge in [-0.3, -0.25) is 29.0 Å². The number of rotatable bonds is 14. The third-order valence-corrected chi connectivity index (χ3v) is 10.7. The topological polar surface area (TPSA) is 168 Å². The van der Waals surface area contributed by atoms with E-state index in [1.54, 1.807) is 35.5 Å². The fraction of sp³-hybridized carbons (Fsp3) is 0.594. The van der Waals surface area contributed by atoms with Gasteiger partial charge in [-0.2, -0.15) is 0 Å². The predicted molar refractivity (Wildman–Crippen MR) is 166 cm³/mol. The van der Waals surface area contributed by atoms with E-state index < -0.39 is 52.9 Å². The van der Waals surface area contributed by atoms with E-state index in [1.807, 2.05) is 34.6 Å². The number of aliphatic carboxylic acids is 1. The Morgan fingerprint density at radius 1 is 1.13 bits per heavy atom. The van der Waals surface area contributed by atoms with Crippen molar-refractivity contribution >= 4 is 41.0 Å². The number of hydrogen-bond donors (Lipinski definition) is 3. The summed E-state index contributed by atoms with van der Waals surface area (Å²) >= 11 is 1.18. The molecule has 0 aliphatic heterocycles. The van der Waals surface area contributed by atoms with E-state index >= 15 is 0 Å². The molecule has 45 heavy (non-hydrogen) atoms. The van der Waals surface area contributed by atoms with Crippen LogP contribution in [0, 0.1) is 23.2 Å². The number of carboxylic acid groups (broad SMARTS) is 1. The van der Waals surface area contributed by atoms with Crippen molar-refractivity contribution in [2.45, 2.75) is 91.0 Å². The maximum Gasteiger partial charge on any atom is 0.310 e. The lowest BCUT2D eigenvalue weighted by Crippen LogP contribution is -2.83. The summed E-state index contributed by atoms with van der Waals surface area (Å²) in [5.41, 5.74) is -0.928. The quantitative estimate of drug-likeness (QED) is 0.260. The summed E-state index contributed by atoms with van der Waals surface area (Å²) in [6, 6.07) is 3.78. The van der Waals surface area contributed by atoms with Crippen molar-refractivity contribution < 1.29 is 33.8 Å². The third kappa shape index (κ3) is 6.58. The molecule has 0 aromatic carbocycles. The molecule has 2 aromatic heterocycles. The van der Waals surface area contributed by atoms with Crippen molar-refractivity contribution in [3.8, 4) is 0 Å². The van der Waals surface area contributed by atoms with Crippen LogP contribution < -0.4 is 10.6 Å². The van der Waals surface area contributed by atoms with Gasteiger partial charge in [0.1, 0.15) is 22.4 Å². The minimum Gasteiger partial charge on any atom is -0.481 e. The van der Waals surface area contributed by atoms with Crippen molar-refractivity contribution in [3.05, 3.63) is 46.2 Å². The zero-order chi connectivity index (χ0) is 33.3. The first kappa shape index (κ1) is 34.0. The number of likely N-dealkylation sites (N-methyl/N-ethyl adjacent to an activating group) is 1. The maximum atomic E-state index is 13.9. The highest BCUT2D eigenvalue weighted by Gasteiger charge is 2.78. The van der Waals surface area contributed by atoms with Crippen molar-refractivity contribution in [1.29, 1.82) is 0 Å². The van der Waals surface area contributed by atoms with Gasteiger partial charge < -0.3 is 25.4 Å². The molecule has 5 atom stereocenters. The number of amides is 3. The summed E-state index contributed by atoms with van der Waals surface area (Å²) < 4.78 is 5.69. The Morgan fingerprint density at radius 3 is 2.36 bits per heavy atom. The third-order valence-electron chi connectivity index (χ3n) is 9.78. The summed E-state index contributed by atoms with van der Waals surface area (Å²) in [6.07, 6.45) is 2.35. The first-order chi connectivity index (χ1) is 21.2. The summed E-state index contributed by atoms with van der Waals surface area (Å²) in [7, 11) is 1.68. The average Bonchev–Trinajstić information content (AvgIpc) is 3.49. The monoisotopic (exact) mass is 641 g/mol. The van der Waals surface area contributed by atoms with Crippen LogP contribution in [0.15, 0.2) is 29.8 Å². The number of carbonyl (C=O) groups excluding carboxylic acids is 4. The molecule has 0 unspecified atom stereocenters. The fourth-order valence-electron chi connectivity index (χ4n) is 6.59. The van der Waals surface area contributed by atoms with E-state index in [9.17, 15) is 29.1 Å². The normalized spacial score (nSPS) is 24.2. The standard InChI is InChI=1S/C32H43N5O7S/c1-8-18(4)25(35-26(39)21-11-9-10-12-33-21)29(41)37(7)23(17(2)3)13-24(44-20(6)38)28-34-22(14-45-28)27(40)36-32-15-31(16-32,19(32)5)30(42)43/h9-12,14,17-19,23-25H,8,13,15-16H2,1-7H3,(H,35,39)(H,36,40)(H,42,43)/t18-,19-,23+,24+,25-,31?,32?/m0/s1. The van der Waals surface area contributed by atoms with E-state index in [-0.39, 0.29) is 41.5 Å². The van der Waals surface area contributed by atoms with Crippen molar-refractivity contribution in [3.63, 3.8) is 0 Å². The van der Waals surface area contributed by atoms with Crippen LogP contribution >= 0.6 is 11.3 Å². The van der Waals surface area contributed by atoms with Crippen LogP contribution in [0.5, 0.6) is 0 Å². The van der Waals surface area contributed by atoms with E-state index in [1.165, 1.54) is 24.5 Å². The largest absolute Gasteiger partial charge is 0.481 e. The highest BCUT2D eigenvalue weighted by atomic mass is 32.1. The first-order valence-electron chi connectivity index (χ1n) is 15.3. The second-order valence-corrected chi connectivity index (χ2v) is 13.8. The van der Waals surface area contributed by atoms with Crippen molar-refractivity contribution in [2.24, 2.45) is 23.2 Å². The molecule has 3 fully saturated rings. The van der Waals surface area contributed by atoms with Gasteiger partial charge in [-0.05, 0) is 42.7 Å². The Morgan fingerprint density at radius 2 is 1.82 bits per heavy atom. The van der Waals surface area contributed by atoms with Crippen LogP contribution in [0.2, 0.25) is 0 Å². The van der Waals surface area contributed by atoms with Gasteiger partial charge in [-0.1, -0.05) is 47.1 Å². The molecular weight excluding hydrogens is 598 g/mol. The molecule has 2 heterocycles. The predicted octanol–water partition coefficient (Wildman–Crippen LogP) is 3.84. The van der Waals surface area contributed by atoms with E-state index in [2.05, 4.69) is 20.6 Å². The number of nitrogens with zero attached hydrogens (tertiary/aromatic N) is 3. The molecule has 2 aromatic rings. The minimum atomic E-state index is -0.833. The molecule has 13 heteroatoms. The molecule has 0 radical (unpaired) electrons. The van der Waals surface area contributed by atoms with Gasteiger partial charge in [0.2, 0.25) is 5.91 Å². The molecule has 244 valence electrons. The van der Waals surface area contributed by atoms with Gasteiger partial charge in [0, 0.05) is 43.5 Å². The van der Waals surface area contributed by atoms with Crippen LogP contribution in [-0.2, 0) is 19.1 Å². The SMILES string of the molecule is CC[C@H](C)[C@H](NC(=O)c1ccccn1)C(=O)N(C)[C@H](C[C@@H](OC(C)=O)c1nc(C(=O)NC23CC(C(=O)O)(C2)[C@@H]3C)cs1)C(C)C. The Hall–Kier alpha value is -3.87. The molecular formula is C32H43N5O7S. The Balaban J connectivity index is 1.49. The molecule has 2 bridgehead atoms. The lowest BCUT2D eigenvalue weighted by atomic mass is 9.33. The molecule has 5 rings (SSSR count). The number of nitrogens with one attached hydrogen (secondary N) is 2. The zero-order valence-corrected chi connectivity index (χ0v) is 27.6. The van der Waals surface area contributed by atoms with Gasteiger partial charge >= 0.3 is 11.9 Å². The number of thiazole rings is 1. The highest BCUT2D eigenvalue weighted by Crippen LogP contribution is 2.71. The van der Waals surface area contributed by atoms with Crippen LogP contribution in [-0.4, -0.2) is 74.3 Å². The van der Waals surface area contributed by atoms with Gasteiger partial charge in [-0.15, -0.1) is 11.3 Å². The maximum absolute atomic E-state index is 13.9. The highest BCUT2D eigenvalue weighted by molar-refractivity contribution is 7.09. The molecule has 3 saturated carbocycles. The van der Waals surface area contributed by atoms with Gasteiger partial charge in [0.25, 0.3) is 11.8 Å². The number of ether oxygens (including phenoxy) is 1. The average molecular weight is 642 g/mol. The molecule has 3 aliphatic carbocycles. The van der Waals surface area contributed by atoms with Gasteiger partial charge in [-0.25, -0.2) is 4.98 Å². The van der Waals surface area contributed by atoms with Crippen LogP contribution in [0.1, 0.15) is 99.3 Å². The molecule has 3 N–H and O–H groups in total. The number of carbonyl (C=O) groups is 5. The fourth-order valence-corrected chi connectivity index (χ4v) is 7.43. The number of hydrogen-bond acceptors (Lipinski definition) is 9. The molecule has 3 amide bonds. The number of esters is 1.